The maximum atomic E-state index is 12.0. The van der Waals surface area contributed by atoms with Crippen LogP contribution in [0.4, 0.5) is 0 Å². The summed E-state index contributed by atoms with van der Waals surface area (Å²) in [5, 5.41) is -0.306. The van der Waals surface area contributed by atoms with Crippen molar-refractivity contribution in [1.82, 2.24) is 0 Å². The van der Waals surface area contributed by atoms with Gasteiger partial charge in [-0.2, -0.15) is 0 Å². The molecule has 0 aliphatic heterocycles. The molecule has 0 saturated heterocycles. The zero-order valence-electron chi connectivity index (χ0n) is 18.6. The molecule has 0 aliphatic carbocycles. The van der Waals surface area contributed by atoms with E-state index in [1.807, 2.05) is 20.8 Å². The van der Waals surface area contributed by atoms with E-state index < -0.39 is 8.80 Å². The molecule has 0 aromatic carbocycles. The highest BCUT2D eigenvalue weighted by Gasteiger charge is 2.39. The van der Waals surface area contributed by atoms with E-state index in [0.717, 1.165) is 37.4 Å². The molecule has 0 radical (unpaired) electrons. The second-order valence-corrected chi connectivity index (χ2v) is 10.7. The molecule has 5 nitrogen and oxygen atoms in total. The van der Waals surface area contributed by atoms with Crippen LogP contribution in [0, 0.1) is 0 Å². The van der Waals surface area contributed by atoms with Gasteiger partial charge in [0.1, 0.15) is 0 Å². The molecular weight excluding hydrogens is 392 g/mol. The highest BCUT2D eigenvalue weighted by atomic mass is 32.2. The van der Waals surface area contributed by atoms with Crippen LogP contribution in [0.25, 0.3) is 0 Å². The molecule has 28 heavy (non-hydrogen) atoms. The first kappa shape index (κ1) is 27.8. The quantitative estimate of drug-likeness (QED) is 0.137. The van der Waals surface area contributed by atoms with Crippen molar-refractivity contribution in [2.24, 2.45) is 0 Å². The third-order valence-electron chi connectivity index (χ3n) is 4.44. The molecule has 0 spiro atoms. The molecule has 0 aliphatic rings. The van der Waals surface area contributed by atoms with Gasteiger partial charge >= 0.3 is 8.80 Å². The molecule has 0 aromatic heterocycles. The lowest BCUT2D eigenvalue weighted by molar-refractivity contribution is -0.131. The van der Waals surface area contributed by atoms with E-state index in [0.29, 0.717) is 38.0 Å². The van der Waals surface area contributed by atoms with Crippen molar-refractivity contribution >= 4 is 31.5 Å². The Labute approximate surface area is 178 Å². The number of carbonyl (C=O) groups excluding carboxylic acids is 2. The van der Waals surface area contributed by atoms with Gasteiger partial charge in [-0.3, -0.25) is 9.59 Å². The molecule has 0 heterocycles. The van der Waals surface area contributed by atoms with Crippen LogP contribution in [-0.4, -0.2) is 45.3 Å². The summed E-state index contributed by atoms with van der Waals surface area (Å²) in [4.78, 5) is 24.0. The molecule has 0 atom stereocenters. The Bertz CT molecular complexity index is 389. The minimum atomic E-state index is -2.65. The number of thioether (sulfide) groups is 1. The summed E-state index contributed by atoms with van der Waals surface area (Å²) in [7, 11) is -2.65. The molecule has 7 heteroatoms. The van der Waals surface area contributed by atoms with Crippen LogP contribution in [0.1, 0.15) is 91.9 Å². The number of Topliss-reactive ketones (excluding diaryl/α,β-unsaturated/α-hetero) is 1. The largest absolute Gasteiger partial charge is 0.500 e. The zero-order chi connectivity index (χ0) is 21.1. The van der Waals surface area contributed by atoms with Crippen molar-refractivity contribution in [2.45, 2.75) is 97.9 Å². The van der Waals surface area contributed by atoms with E-state index in [1.54, 1.807) is 0 Å². The Hall–Kier alpha value is -0.213. The van der Waals surface area contributed by atoms with Crippen molar-refractivity contribution in [1.29, 1.82) is 0 Å². The number of hydrogen-bond acceptors (Lipinski definition) is 6. The van der Waals surface area contributed by atoms with E-state index >= 15 is 0 Å². The van der Waals surface area contributed by atoms with Crippen molar-refractivity contribution in [3.05, 3.63) is 0 Å². The lowest BCUT2D eigenvalue weighted by Gasteiger charge is -2.28. The number of ketones is 1. The minimum Gasteiger partial charge on any atom is -0.374 e. The van der Waals surface area contributed by atoms with Crippen LogP contribution in [0.3, 0.4) is 0 Å². The predicted molar refractivity (Wildman–Crippen MR) is 120 cm³/mol. The van der Waals surface area contributed by atoms with Gasteiger partial charge in [0.05, 0.1) is 0 Å². The van der Waals surface area contributed by atoms with Crippen LogP contribution < -0.4 is 0 Å². The smallest absolute Gasteiger partial charge is 0.374 e. The summed E-state index contributed by atoms with van der Waals surface area (Å²) in [5.74, 6) is 0.364. The fraction of sp³-hybridized carbons (Fsp3) is 0.905. The maximum absolute atomic E-state index is 12.0. The normalized spacial score (nSPS) is 11.7. The molecule has 166 valence electrons. The highest BCUT2D eigenvalue weighted by molar-refractivity contribution is 8.15. The van der Waals surface area contributed by atoms with E-state index in [9.17, 15) is 9.59 Å². The van der Waals surface area contributed by atoms with E-state index in [4.69, 9.17) is 13.3 Å². The molecule has 0 N–H and O–H groups in total. The Morgan fingerprint density at radius 3 is 1.71 bits per heavy atom. The third kappa shape index (κ3) is 13.9. The average molecular weight is 435 g/mol. The fourth-order valence-corrected chi connectivity index (χ4v) is 6.66. The number of unbranched alkanes of at least 4 members (excludes halogenated alkanes) is 7. The minimum absolute atomic E-state index is 0.237. The first-order chi connectivity index (χ1) is 13.5. The topological polar surface area (TPSA) is 61.8 Å². The van der Waals surface area contributed by atoms with Crippen molar-refractivity contribution < 1.29 is 22.9 Å². The first-order valence-electron chi connectivity index (χ1n) is 11.2. The van der Waals surface area contributed by atoms with Gasteiger partial charge in [-0.05, 0) is 33.6 Å². The van der Waals surface area contributed by atoms with Crippen molar-refractivity contribution in [3.63, 3.8) is 0 Å². The summed E-state index contributed by atoms with van der Waals surface area (Å²) >= 11 is 1.12. The monoisotopic (exact) mass is 434 g/mol. The molecule has 0 fully saturated rings. The van der Waals surface area contributed by atoms with Gasteiger partial charge in [-0.25, -0.2) is 0 Å². The van der Waals surface area contributed by atoms with Crippen LogP contribution in [-0.2, 0) is 22.9 Å². The van der Waals surface area contributed by atoms with Gasteiger partial charge in [0, 0.05) is 38.0 Å². The maximum Gasteiger partial charge on any atom is 0.500 e. The molecule has 0 amide bonds. The number of carbonyl (C=O) groups is 2. The Balaban J connectivity index is 3.95. The summed E-state index contributed by atoms with van der Waals surface area (Å²) < 4.78 is 17.4. The second-order valence-electron chi connectivity index (χ2n) is 6.87. The van der Waals surface area contributed by atoms with E-state index in [1.165, 1.54) is 32.1 Å². The third-order valence-corrected chi connectivity index (χ3v) is 8.57. The van der Waals surface area contributed by atoms with Gasteiger partial charge in [0.15, 0.2) is 0 Å². The first-order valence-corrected chi connectivity index (χ1v) is 14.1. The van der Waals surface area contributed by atoms with Gasteiger partial charge in [-0.1, -0.05) is 63.6 Å². The van der Waals surface area contributed by atoms with Crippen molar-refractivity contribution in [3.8, 4) is 0 Å². The molecule has 0 saturated carbocycles. The van der Waals surface area contributed by atoms with Gasteiger partial charge in [0.2, 0.25) is 5.78 Å². The number of hydrogen-bond donors (Lipinski definition) is 0. The molecular formula is C21H42O5SSi. The van der Waals surface area contributed by atoms with Crippen LogP contribution in [0.15, 0.2) is 0 Å². The van der Waals surface area contributed by atoms with Crippen molar-refractivity contribution in [2.75, 3.05) is 25.6 Å². The summed E-state index contributed by atoms with van der Waals surface area (Å²) in [5.41, 5.74) is 0. The zero-order valence-corrected chi connectivity index (χ0v) is 20.4. The lowest BCUT2D eigenvalue weighted by atomic mass is 10.1. The molecule has 0 bridgehead atoms. The Morgan fingerprint density at radius 2 is 1.21 bits per heavy atom. The molecule has 0 aromatic rings. The molecule has 0 rings (SSSR count). The number of rotatable bonds is 20. The van der Waals surface area contributed by atoms with Crippen LogP contribution >= 0.6 is 11.8 Å². The van der Waals surface area contributed by atoms with Crippen LogP contribution in [0.5, 0.6) is 0 Å². The van der Waals surface area contributed by atoms with E-state index in [-0.39, 0.29) is 10.9 Å². The second kappa shape index (κ2) is 18.8. The summed E-state index contributed by atoms with van der Waals surface area (Å²) in [6.45, 7) is 9.67. The standard InChI is InChI=1S/C21H42O5SSi/c1-5-9-10-11-12-13-14-15-17-20(22)21(23)27-18-16-19-28(24-6-2,25-7-3)26-8-4/h5-19H2,1-4H3. The van der Waals surface area contributed by atoms with Gasteiger partial charge < -0.3 is 13.3 Å². The molecule has 0 unspecified atom stereocenters. The predicted octanol–water partition coefficient (Wildman–Crippen LogP) is 5.78. The van der Waals surface area contributed by atoms with Crippen LogP contribution in [0.2, 0.25) is 6.04 Å². The average Bonchev–Trinajstić information content (AvgIpc) is 2.67. The lowest BCUT2D eigenvalue weighted by Crippen LogP contribution is -2.46. The summed E-state index contributed by atoms with van der Waals surface area (Å²) in [6.07, 6.45) is 10.6. The summed E-state index contributed by atoms with van der Waals surface area (Å²) in [6, 6.07) is 0.676. The Morgan fingerprint density at radius 1 is 0.714 bits per heavy atom. The Kier molecular flexibility index (Phi) is 18.6. The van der Waals surface area contributed by atoms with Gasteiger partial charge in [-0.15, -0.1) is 0 Å². The highest BCUT2D eigenvalue weighted by Crippen LogP contribution is 2.20. The SMILES string of the molecule is CCCCCCCCCCC(=O)C(=O)SCCC[Si](OCC)(OCC)OCC. The van der Waals surface area contributed by atoms with Gasteiger partial charge in [0.25, 0.3) is 5.12 Å². The van der Waals surface area contributed by atoms with E-state index in [2.05, 4.69) is 6.92 Å². The fourth-order valence-electron chi connectivity index (χ4n) is 3.06.